The van der Waals surface area contributed by atoms with Gasteiger partial charge in [0.2, 0.25) is 0 Å². The van der Waals surface area contributed by atoms with E-state index in [1.165, 1.54) is 5.56 Å². The van der Waals surface area contributed by atoms with Gasteiger partial charge in [-0.3, -0.25) is 4.98 Å². The molecule has 4 heteroatoms. The third kappa shape index (κ3) is 6.98. The van der Waals surface area contributed by atoms with Crippen LogP contribution in [0.25, 0.3) is 0 Å². The van der Waals surface area contributed by atoms with E-state index in [2.05, 4.69) is 36.3 Å². The number of hydrogen-bond acceptors (Lipinski definition) is 4. The molecule has 1 heterocycles. The van der Waals surface area contributed by atoms with Crippen LogP contribution in [0.2, 0.25) is 0 Å². The maximum Gasteiger partial charge on any atom is 0.0700 e. The van der Waals surface area contributed by atoms with Gasteiger partial charge >= 0.3 is 0 Å². The average Bonchev–Trinajstić information content (AvgIpc) is 2.48. The van der Waals surface area contributed by atoms with Crippen molar-refractivity contribution in [2.75, 3.05) is 33.5 Å². The van der Waals surface area contributed by atoms with Gasteiger partial charge in [-0.25, -0.2) is 0 Å². The first-order valence-electron chi connectivity index (χ1n) is 7.54. The number of aromatic nitrogens is 1. The zero-order valence-electron chi connectivity index (χ0n) is 13.0. The van der Waals surface area contributed by atoms with Crippen LogP contribution in [0, 0.1) is 0 Å². The Bertz CT molecular complexity index is 341. The van der Waals surface area contributed by atoms with Crippen LogP contribution in [0.4, 0.5) is 0 Å². The maximum absolute atomic E-state index is 5.54. The van der Waals surface area contributed by atoms with E-state index in [-0.39, 0.29) is 0 Å². The maximum atomic E-state index is 5.54. The lowest BCUT2D eigenvalue weighted by Gasteiger charge is -2.17. The number of nitrogens with one attached hydrogen (secondary N) is 1. The number of ether oxygens (including phenoxy) is 2. The number of hydrogen-bond donors (Lipinski definition) is 1. The Hall–Kier alpha value is -0.970. The molecule has 0 fully saturated rings. The molecule has 1 rings (SSSR count). The van der Waals surface area contributed by atoms with E-state index >= 15 is 0 Å². The summed E-state index contributed by atoms with van der Waals surface area (Å²) in [6.45, 7) is 7.33. The second-order valence-electron chi connectivity index (χ2n) is 4.86. The fourth-order valence-electron chi connectivity index (χ4n) is 2.07. The van der Waals surface area contributed by atoms with Crippen molar-refractivity contribution < 1.29 is 9.47 Å². The summed E-state index contributed by atoms with van der Waals surface area (Å²) in [6.07, 6.45) is 4.96. The predicted octanol–water partition coefficient (Wildman–Crippen LogP) is 2.22. The Labute approximate surface area is 122 Å². The Balaban J connectivity index is 2.36. The lowest BCUT2D eigenvalue weighted by molar-refractivity contribution is 0.0658. The van der Waals surface area contributed by atoms with E-state index in [0.29, 0.717) is 19.3 Å². The number of pyridine rings is 1. The zero-order valence-corrected chi connectivity index (χ0v) is 13.0. The fourth-order valence-corrected chi connectivity index (χ4v) is 2.07. The highest BCUT2D eigenvalue weighted by Gasteiger charge is 2.09. The first-order valence-corrected chi connectivity index (χ1v) is 7.54. The Kier molecular flexibility index (Phi) is 9.20. The molecule has 0 saturated carbocycles. The number of likely N-dealkylation sites (N-methyl/N-ethyl adjacent to an activating group) is 1. The van der Waals surface area contributed by atoms with E-state index < -0.39 is 0 Å². The van der Waals surface area contributed by atoms with Crippen LogP contribution in [0.3, 0.4) is 0 Å². The molecule has 1 unspecified atom stereocenters. The first kappa shape index (κ1) is 17.1. The topological polar surface area (TPSA) is 43.4 Å². The molecule has 0 radical (unpaired) electrons. The summed E-state index contributed by atoms with van der Waals surface area (Å²) in [6, 6.07) is 4.72. The average molecular weight is 280 g/mol. The highest BCUT2D eigenvalue weighted by molar-refractivity contribution is 5.14. The number of methoxy groups -OCH3 is 1. The van der Waals surface area contributed by atoms with Gasteiger partial charge in [0, 0.05) is 38.1 Å². The molecule has 1 aromatic rings. The SMILES string of the molecule is CCNC(CCOCCOC)Cc1ccc(CC)cn1. The second-order valence-corrected chi connectivity index (χ2v) is 4.86. The van der Waals surface area contributed by atoms with Gasteiger partial charge < -0.3 is 14.8 Å². The van der Waals surface area contributed by atoms with Crippen molar-refractivity contribution in [3.8, 4) is 0 Å². The molecule has 0 saturated heterocycles. The quantitative estimate of drug-likeness (QED) is 0.631. The lowest BCUT2D eigenvalue weighted by Crippen LogP contribution is -2.32. The molecular weight excluding hydrogens is 252 g/mol. The number of aryl methyl sites for hydroxylation is 1. The van der Waals surface area contributed by atoms with Gasteiger partial charge in [0.25, 0.3) is 0 Å². The van der Waals surface area contributed by atoms with E-state index in [9.17, 15) is 0 Å². The van der Waals surface area contributed by atoms with Gasteiger partial charge in [0.1, 0.15) is 0 Å². The standard InChI is InChI=1S/C16H28N2O2/c1-4-14-6-7-15(18-13-14)12-16(17-5-2)8-9-20-11-10-19-3/h6-7,13,16-17H,4-5,8-12H2,1-3H3. The third-order valence-electron chi connectivity index (χ3n) is 3.29. The minimum atomic E-state index is 0.419. The third-order valence-corrected chi connectivity index (χ3v) is 3.29. The monoisotopic (exact) mass is 280 g/mol. The van der Waals surface area contributed by atoms with Crippen molar-refractivity contribution in [1.82, 2.24) is 10.3 Å². The van der Waals surface area contributed by atoms with E-state index in [1.807, 2.05) is 6.20 Å². The van der Waals surface area contributed by atoms with Crippen molar-refractivity contribution >= 4 is 0 Å². The Morgan fingerprint density at radius 3 is 2.65 bits per heavy atom. The van der Waals surface area contributed by atoms with Gasteiger partial charge in [-0.2, -0.15) is 0 Å². The summed E-state index contributed by atoms with van der Waals surface area (Å²) >= 11 is 0. The summed E-state index contributed by atoms with van der Waals surface area (Å²) in [5, 5.41) is 3.50. The van der Waals surface area contributed by atoms with Crippen LogP contribution >= 0.6 is 0 Å². The molecule has 1 aromatic heterocycles. The molecule has 0 spiro atoms. The molecule has 0 bridgehead atoms. The fraction of sp³-hybridized carbons (Fsp3) is 0.688. The Morgan fingerprint density at radius 2 is 2.05 bits per heavy atom. The second kappa shape index (κ2) is 10.8. The summed E-state index contributed by atoms with van der Waals surface area (Å²) in [5.74, 6) is 0. The smallest absolute Gasteiger partial charge is 0.0700 e. The summed E-state index contributed by atoms with van der Waals surface area (Å²) in [5.41, 5.74) is 2.43. The lowest BCUT2D eigenvalue weighted by atomic mass is 10.1. The normalized spacial score (nSPS) is 12.6. The predicted molar refractivity (Wildman–Crippen MR) is 82.1 cm³/mol. The van der Waals surface area contributed by atoms with Gasteiger partial charge in [-0.1, -0.05) is 19.9 Å². The minimum Gasteiger partial charge on any atom is -0.382 e. The van der Waals surface area contributed by atoms with Crippen molar-refractivity contribution in [3.63, 3.8) is 0 Å². The molecule has 0 amide bonds. The van der Waals surface area contributed by atoms with E-state index in [4.69, 9.17) is 9.47 Å². The summed E-state index contributed by atoms with van der Waals surface area (Å²) < 4.78 is 10.5. The molecular formula is C16H28N2O2. The van der Waals surface area contributed by atoms with E-state index in [1.54, 1.807) is 7.11 Å². The molecule has 0 aliphatic carbocycles. The zero-order chi connectivity index (χ0) is 14.6. The molecule has 0 aliphatic rings. The van der Waals surface area contributed by atoms with Crippen molar-refractivity contribution in [1.29, 1.82) is 0 Å². The van der Waals surface area contributed by atoms with Crippen LogP contribution in [0.5, 0.6) is 0 Å². The highest BCUT2D eigenvalue weighted by atomic mass is 16.5. The van der Waals surface area contributed by atoms with E-state index in [0.717, 1.165) is 38.1 Å². The molecule has 4 nitrogen and oxygen atoms in total. The van der Waals surface area contributed by atoms with Gasteiger partial charge in [0.05, 0.1) is 13.2 Å². The molecule has 20 heavy (non-hydrogen) atoms. The van der Waals surface area contributed by atoms with Crippen LogP contribution in [-0.4, -0.2) is 44.5 Å². The minimum absolute atomic E-state index is 0.419. The molecule has 1 atom stereocenters. The molecule has 0 aliphatic heterocycles. The van der Waals surface area contributed by atoms with Crippen molar-refractivity contribution in [2.24, 2.45) is 0 Å². The van der Waals surface area contributed by atoms with Crippen LogP contribution < -0.4 is 5.32 Å². The number of nitrogens with zero attached hydrogens (tertiary/aromatic N) is 1. The molecule has 1 N–H and O–H groups in total. The largest absolute Gasteiger partial charge is 0.382 e. The summed E-state index contributed by atoms with van der Waals surface area (Å²) in [4.78, 5) is 4.53. The van der Waals surface area contributed by atoms with Gasteiger partial charge in [0.15, 0.2) is 0 Å². The Morgan fingerprint density at radius 1 is 1.20 bits per heavy atom. The van der Waals surface area contributed by atoms with Gasteiger partial charge in [-0.15, -0.1) is 0 Å². The van der Waals surface area contributed by atoms with Crippen LogP contribution in [0.1, 0.15) is 31.5 Å². The van der Waals surface area contributed by atoms with Crippen LogP contribution in [-0.2, 0) is 22.3 Å². The number of rotatable bonds is 11. The highest BCUT2D eigenvalue weighted by Crippen LogP contribution is 2.06. The molecule has 114 valence electrons. The van der Waals surface area contributed by atoms with Crippen LogP contribution in [0.15, 0.2) is 18.3 Å². The van der Waals surface area contributed by atoms with Crippen molar-refractivity contribution in [3.05, 3.63) is 29.6 Å². The van der Waals surface area contributed by atoms with Crippen molar-refractivity contribution in [2.45, 2.75) is 39.2 Å². The van der Waals surface area contributed by atoms with Gasteiger partial charge in [-0.05, 0) is 31.0 Å². The first-order chi connectivity index (χ1) is 9.80. The molecule has 0 aromatic carbocycles. The summed E-state index contributed by atoms with van der Waals surface area (Å²) in [7, 11) is 1.69.